The smallest absolute Gasteiger partial charge is 0.228 e. The Balaban J connectivity index is 1.49. The molecular formula is C25H31N3O. The lowest BCUT2D eigenvalue weighted by Crippen LogP contribution is -2.38. The lowest BCUT2D eigenvalue weighted by atomic mass is 10.1. The number of hydrogen-bond acceptors (Lipinski definition) is 4. The zero-order valence-corrected chi connectivity index (χ0v) is 17.3. The quantitative estimate of drug-likeness (QED) is 0.511. The Kier molecular flexibility index (Phi) is 6.63. The Morgan fingerprint density at radius 1 is 0.966 bits per heavy atom. The number of piperidine rings is 1. The lowest BCUT2D eigenvalue weighted by molar-refractivity contribution is 0.201. The summed E-state index contributed by atoms with van der Waals surface area (Å²) >= 11 is 0. The molecule has 0 bridgehead atoms. The minimum absolute atomic E-state index is 0.557. The lowest BCUT2D eigenvalue weighted by Gasteiger charge is -2.31. The highest BCUT2D eigenvalue weighted by Crippen LogP contribution is 2.26. The fraction of sp³-hybridized carbons (Fsp3) is 0.400. The van der Waals surface area contributed by atoms with Gasteiger partial charge in [-0.2, -0.15) is 0 Å². The van der Waals surface area contributed by atoms with Gasteiger partial charge in [0.1, 0.15) is 5.69 Å². The highest BCUT2D eigenvalue weighted by Gasteiger charge is 2.20. The summed E-state index contributed by atoms with van der Waals surface area (Å²) in [6, 6.07) is 22.9. The molecule has 0 radical (unpaired) electrons. The minimum Gasteiger partial charge on any atom is -0.338 e. The number of rotatable bonds is 8. The molecule has 0 aliphatic carbocycles. The maximum Gasteiger partial charge on any atom is 0.228 e. The van der Waals surface area contributed by atoms with E-state index in [1.165, 1.54) is 37.9 Å². The summed E-state index contributed by atoms with van der Waals surface area (Å²) in [5, 5.41) is 4.34. The second kappa shape index (κ2) is 9.75. The monoisotopic (exact) mass is 389 g/mol. The third kappa shape index (κ3) is 5.48. The van der Waals surface area contributed by atoms with Crippen molar-refractivity contribution in [2.24, 2.45) is 5.92 Å². The van der Waals surface area contributed by atoms with Crippen LogP contribution in [0.2, 0.25) is 0 Å². The predicted octanol–water partition coefficient (Wildman–Crippen LogP) is 5.47. The first-order chi connectivity index (χ1) is 14.3. The third-order valence-electron chi connectivity index (χ3n) is 5.65. The van der Waals surface area contributed by atoms with Gasteiger partial charge in [0.05, 0.1) is 0 Å². The van der Waals surface area contributed by atoms with Crippen LogP contribution < -0.4 is 4.90 Å². The molecule has 2 aromatic carbocycles. The topological polar surface area (TPSA) is 32.5 Å². The van der Waals surface area contributed by atoms with Crippen LogP contribution in [0.1, 0.15) is 31.7 Å². The van der Waals surface area contributed by atoms with Crippen LogP contribution in [0.25, 0.3) is 11.3 Å². The van der Waals surface area contributed by atoms with Gasteiger partial charge in [0.2, 0.25) is 5.88 Å². The van der Waals surface area contributed by atoms with Gasteiger partial charge >= 0.3 is 0 Å². The van der Waals surface area contributed by atoms with Crippen molar-refractivity contribution in [1.82, 2.24) is 10.1 Å². The molecule has 2 heterocycles. The summed E-state index contributed by atoms with van der Waals surface area (Å²) in [6.07, 6.45) is 4.05. The Labute approximate surface area is 174 Å². The molecular weight excluding hydrogens is 358 g/mol. The number of hydrogen-bond donors (Lipinski definition) is 0. The molecule has 1 saturated heterocycles. The Morgan fingerprint density at radius 3 is 2.38 bits per heavy atom. The van der Waals surface area contributed by atoms with Crippen LogP contribution in [0.4, 0.5) is 5.88 Å². The van der Waals surface area contributed by atoms with Gasteiger partial charge in [-0.25, -0.2) is 0 Å². The molecule has 1 aliphatic rings. The van der Waals surface area contributed by atoms with Gasteiger partial charge < -0.3 is 14.3 Å². The zero-order valence-electron chi connectivity index (χ0n) is 17.3. The van der Waals surface area contributed by atoms with E-state index in [4.69, 9.17) is 4.52 Å². The fourth-order valence-corrected chi connectivity index (χ4v) is 4.21. The summed E-state index contributed by atoms with van der Waals surface area (Å²) < 4.78 is 5.81. The van der Waals surface area contributed by atoms with E-state index in [9.17, 15) is 0 Å². The van der Waals surface area contributed by atoms with Crippen LogP contribution in [0.3, 0.4) is 0 Å². The average Bonchev–Trinajstić information content (AvgIpc) is 3.26. The van der Waals surface area contributed by atoms with Crippen molar-refractivity contribution < 1.29 is 4.52 Å². The van der Waals surface area contributed by atoms with Gasteiger partial charge in [-0.15, -0.1) is 0 Å². The van der Waals surface area contributed by atoms with Gasteiger partial charge in [0.15, 0.2) is 0 Å². The molecule has 4 heteroatoms. The number of anilines is 1. The predicted molar refractivity (Wildman–Crippen MR) is 119 cm³/mol. The number of aromatic nitrogens is 1. The Bertz CT molecular complexity index is 856. The second-order valence-electron chi connectivity index (χ2n) is 8.25. The molecule has 0 saturated carbocycles. The van der Waals surface area contributed by atoms with Crippen molar-refractivity contribution in [3.8, 4) is 11.3 Å². The van der Waals surface area contributed by atoms with E-state index >= 15 is 0 Å². The molecule has 152 valence electrons. The first kappa shape index (κ1) is 19.7. The minimum atomic E-state index is 0.557. The number of benzene rings is 2. The van der Waals surface area contributed by atoms with E-state index < -0.39 is 0 Å². The van der Waals surface area contributed by atoms with Gasteiger partial charge in [-0.3, -0.25) is 0 Å². The first-order valence-electron chi connectivity index (χ1n) is 10.8. The molecule has 4 nitrogen and oxygen atoms in total. The number of nitrogens with zero attached hydrogens (tertiary/aromatic N) is 3. The van der Waals surface area contributed by atoms with E-state index in [1.54, 1.807) is 0 Å². The summed E-state index contributed by atoms with van der Waals surface area (Å²) in [7, 11) is 0. The summed E-state index contributed by atoms with van der Waals surface area (Å²) in [5.41, 5.74) is 3.27. The summed E-state index contributed by atoms with van der Waals surface area (Å²) in [4.78, 5) is 4.95. The van der Waals surface area contributed by atoms with Crippen molar-refractivity contribution in [2.45, 2.75) is 32.7 Å². The Hall–Kier alpha value is -2.59. The van der Waals surface area contributed by atoms with Crippen molar-refractivity contribution in [1.29, 1.82) is 0 Å². The van der Waals surface area contributed by atoms with Gasteiger partial charge in [0.25, 0.3) is 0 Å². The van der Waals surface area contributed by atoms with Crippen LogP contribution in [0, 0.1) is 5.92 Å². The Morgan fingerprint density at radius 2 is 1.66 bits per heavy atom. The van der Waals surface area contributed by atoms with Crippen LogP contribution in [0.15, 0.2) is 71.3 Å². The van der Waals surface area contributed by atoms with Crippen LogP contribution in [-0.4, -0.2) is 36.2 Å². The maximum atomic E-state index is 5.81. The third-order valence-corrected chi connectivity index (χ3v) is 5.65. The zero-order chi connectivity index (χ0) is 19.9. The van der Waals surface area contributed by atoms with Crippen LogP contribution in [0.5, 0.6) is 0 Å². The highest BCUT2D eigenvalue weighted by molar-refractivity contribution is 5.62. The SMILES string of the molecule is CC(CN1CCCCC1)CN(Cc1ccccc1)c1cc(-c2ccccc2)no1. The van der Waals surface area contributed by atoms with Crippen molar-refractivity contribution >= 4 is 5.88 Å². The molecule has 1 atom stereocenters. The molecule has 4 rings (SSSR count). The van der Waals surface area contributed by atoms with Crippen molar-refractivity contribution in [3.05, 3.63) is 72.3 Å². The van der Waals surface area contributed by atoms with Crippen molar-refractivity contribution in [3.63, 3.8) is 0 Å². The summed E-state index contributed by atoms with van der Waals surface area (Å²) in [6.45, 7) is 7.75. The maximum absolute atomic E-state index is 5.81. The molecule has 3 aromatic rings. The largest absolute Gasteiger partial charge is 0.338 e. The molecule has 0 spiro atoms. The van der Waals surface area contributed by atoms with Gasteiger partial charge in [-0.1, -0.05) is 79.2 Å². The van der Waals surface area contributed by atoms with Gasteiger partial charge in [-0.05, 0) is 37.4 Å². The number of likely N-dealkylation sites (tertiary alicyclic amines) is 1. The summed E-state index contributed by atoms with van der Waals surface area (Å²) in [5.74, 6) is 1.40. The molecule has 0 N–H and O–H groups in total. The van der Waals surface area contributed by atoms with E-state index in [1.807, 2.05) is 18.2 Å². The molecule has 29 heavy (non-hydrogen) atoms. The molecule has 1 aromatic heterocycles. The first-order valence-corrected chi connectivity index (χ1v) is 10.8. The van der Waals surface area contributed by atoms with E-state index in [0.29, 0.717) is 5.92 Å². The van der Waals surface area contributed by atoms with E-state index in [0.717, 1.165) is 36.8 Å². The normalized spacial score (nSPS) is 15.9. The second-order valence-corrected chi connectivity index (χ2v) is 8.25. The fourth-order valence-electron chi connectivity index (χ4n) is 4.21. The van der Waals surface area contributed by atoms with Crippen molar-refractivity contribution in [2.75, 3.05) is 31.1 Å². The highest BCUT2D eigenvalue weighted by atomic mass is 16.5. The molecule has 1 aliphatic heterocycles. The molecule has 1 fully saturated rings. The van der Waals surface area contributed by atoms with E-state index in [-0.39, 0.29) is 0 Å². The molecule has 0 amide bonds. The van der Waals surface area contributed by atoms with Crippen LogP contribution in [-0.2, 0) is 6.54 Å². The van der Waals surface area contributed by atoms with E-state index in [2.05, 4.69) is 70.4 Å². The standard InChI is InChI=1S/C25H31N3O/c1-21(18-27-15-9-4-10-16-27)19-28(20-22-11-5-2-6-12-22)25-17-24(26-29-25)23-13-7-3-8-14-23/h2-3,5-8,11-14,17,21H,4,9-10,15-16,18-20H2,1H3. The molecule has 1 unspecified atom stereocenters. The average molecular weight is 390 g/mol. The van der Waals surface area contributed by atoms with Gasteiger partial charge in [0, 0.05) is 31.3 Å². The van der Waals surface area contributed by atoms with Crippen LogP contribution >= 0.6 is 0 Å².